The Hall–Kier alpha value is -2.18. The number of benzene rings is 2. The van der Waals surface area contributed by atoms with Gasteiger partial charge in [-0.25, -0.2) is 9.18 Å². The summed E-state index contributed by atoms with van der Waals surface area (Å²) in [6.07, 6.45) is -1.28. The van der Waals surface area contributed by atoms with Crippen molar-refractivity contribution in [2.75, 3.05) is 22.9 Å². The van der Waals surface area contributed by atoms with Crippen LogP contribution in [0.3, 0.4) is 0 Å². The second kappa shape index (κ2) is 10.6. The minimum Gasteiger partial charge on any atom is -0.450 e. The SMILES string of the molecule is Cl.Cl.[2H]C([2H])([2H])C([2H])([2H])OC(=O)Nc1ccc(NCc2ccc(F)cc2)cc1N. The molecule has 24 heavy (non-hydrogen) atoms. The maximum Gasteiger partial charge on any atom is 0.411 e. The smallest absolute Gasteiger partial charge is 0.411 e. The van der Waals surface area contributed by atoms with Crippen LogP contribution in [0.2, 0.25) is 0 Å². The van der Waals surface area contributed by atoms with E-state index in [0.717, 1.165) is 5.56 Å². The summed E-state index contributed by atoms with van der Waals surface area (Å²) in [6, 6.07) is 10.6. The quantitative estimate of drug-likeness (QED) is 0.670. The Morgan fingerprint density at radius 1 is 1.29 bits per heavy atom. The van der Waals surface area contributed by atoms with Crippen LogP contribution < -0.4 is 16.4 Å². The van der Waals surface area contributed by atoms with E-state index in [-0.39, 0.29) is 42.0 Å². The number of ether oxygens (including phenoxy) is 1. The highest BCUT2D eigenvalue weighted by atomic mass is 35.5. The van der Waals surface area contributed by atoms with Gasteiger partial charge in [-0.2, -0.15) is 0 Å². The van der Waals surface area contributed by atoms with E-state index in [4.69, 9.17) is 12.6 Å². The van der Waals surface area contributed by atoms with Gasteiger partial charge in [0, 0.05) is 16.3 Å². The maximum atomic E-state index is 12.9. The molecule has 0 aromatic heterocycles. The molecule has 0 heterocycles. The van der Waals surface area contributed by atoms with Crippen LogP contribution in [0, 0.1) is 5.82 Å². The Morgan fingerprint density at radius 3 is 2.62 bits per heavy atom. The zero-order valence-electron chi connectivity index (χ0n) is 17.3. The summed E-state index contributed by atoms with van der Waals surface area (Å²) in [5.41, 5.74) is 7.62. The first-order chi connectivity index (χ1) is 12.5. The van der Waals surface area contributed by atoms with Crippen LogP contribution in [0.1, 0.15) is 19.3 Å². The molecular weight excluding hydrogens is 356 g/mol. The summed E-state index contributed by atoms with van der Waals surface area (Å²) >= 11 is 0. The number of amides is 1. The van der Waals surface area contributed by atoms with Crippen molar-refractivity contribution in [2.24, 2.45) is 0 Å². The molecular formula is C16H20Cl2FN3O2. The monoisotopic (exact) mass is 380 g/mol. The number of carbonyl (C=O) groups is 1. The van der Waals surface area contributed by atoms with Gasteiger partial charge in [0.15, 0.2) is 0 Å². The molecule has 0 saturated heterocycles. The molecule has 0 aliphatic carbocycles. The van der Waals surface area contributed by atoms with Crippen molar-refractivity contribution in [1.82, 2.24) is 0 Å². The minimum atomic E-state index is -3.14. The molecule has 0 bridgehead atoms. The predicted octanol–water partition coefficient (Wildman–Crippen LogP) is 4.43. The average Bonchev–Trinajstić information content (AvgIpc) is 2.55. The van der Waals surface area contributed by atoms with Crippen molar-refractivity contribution in [3.8, 4) is 0 Å². The molecule has 0 atom stereocenters. The molecule has 2 aromatic rings. The zero-order chi connectivity index (χ0) is 20.2. The highest BCUT2D eigenvalue weighted by molar-refractivity contribution is 5.89. The first-order valence-electron chi connectivity index (χ1n) is 8.86. The average molecular weight is 381 g/mol. The van der Waals surface area contributed by atoms with E-state index in [9.17, 15) is 9.18 Å². The number of nitrogen functional groups attached to an aromatic ring is 1. The number of rotatable bonds is 5. The van der Waals surface area contributed by atoms with Crippen LogP contribution in [0.4, 0.5) is 26.2 Å². The Labute approximate surface area is 159 Å². The largest absolute Gasteiger partial charge is 0.450 e. The number of carbonyl (C=O) groups excluding carboxylic acids is 1. The van der Waals surface area contributed by atoms with Gasteiger partial charge in [0.1, 0.15) is 5.82 Å². The van der Waals surface area contributed by atoms with Gasteiger partial charge in [-0.15, -0.1) is 24.8 Å². The van der Waals surface area contributed by atoms with E-state index in [1.54, 1.807) is 18.2 Å². The summed E-state index contributed by atoms with van der Waals surface area (Å²) in [4.78, 5) is 11.7. The van der Waals surface area contributed by atoms with Gasteiger partial charge < -0.3 is 15.8 Å². The summed E-state index contributed by atoms with van der Waals surface area (Å²) in [5.74, 6) is -0.326. The van der Waals surface area contributed by atoms with E-state index in [0.29, 0.717) is 12.2 Å². The second-order valence-electron chi connectivity index (χ2n) is 4.40. The van der Waals surface area contributed by atoms with Crippen molar-refractivity contribution in [3.63, 3.8) is 0 Å². The summed E-state index contributed by atoms with van der Waals surface area (Å²) in [5, 5.41) is 5.28. The fourth-order valence-corrected chi connectivity index (χ4v) is 1.77. The van der Waals surface area contributed by atoms with E-state index >= 15 is 0 Å². The molecule has 0 saturated carbocycles. The Kier molecular flexibility index (Phi) is 6.25. The number of nitrogens with one attached hydrogen (secondary N) is 2. The maximum absolute atomic E-state index is 12.9. The summed E-state index contributed by atoms with van der Waals surface area (Å²) in [7, 11) is 0. The van der Waals surface area contributed by atoms with E-state index in [2.05, 4.69) is 15.4 Å². The molecule has 2 rings (SSSR count). The molecule has 0 fully saturated rings. The lowest BCUT2D eigenvalue weighted by molar-refractivity contribution is 0.168. The number of hydrogen-bond acceptors (Lipinski definition) is 4. The highest BCUT2D eigenvalue weighted by Gasteiger charge is 2.06. The molecule has 0 radical (unpaired) electrons. The minimum absolute atomic E-state index is 0. The van der Waals surface area contributed by atoms with Crippen LogP contribution in [0.5, 0.6) is 0 Å². The topological polar surface area (TPSA) is 76.4 Å². The number of hydrogen-bond donors (Lipinski definition) is 3. The third kappa shape index (κ3) is 6.52. The lowest BCUT2D eigenvalue weighted by Gasteiger charge is -2.11. The van der Waals surface area contributed by atoms with Gasteiger partial charge in [-0.1, -0.05) is 12.1 Å². The number of nitrogens with two attached hydrogens (primary N) is 1. The number of halogens is 3. The van der Waals surface area contributed by atoms with Crippen LogP contribution in [0.25, 0.3) is 0 Å². The van der Waals surface area contributed by atoms with Gasteiger partial charge in [-0.3, -0.25) is 5.32 Å². The van der Waals surface area contributed by atoms with Crippen molar-refractivity contribution < 1.29 is 20.8 Å². The predicted molar refractivity (Wildman–Crippen MR) is 99.7 cm³/mol. The standard InChI is InChI=1S/C16H18FN3O2.2ClH/c1-2-22-16(21)20-15-8-7-13(9-14(15)18)19-10-11-3-5-12(17)6-4-11;;/h3-9,19H,2,10,18H2,1H3,(H,20,21);2*1H/i1D3,2D2;;. The molecule has 1 amide bonds. The van der Waals surface area contributed by atoms with E-state index in [1.807, 2.05) is 0 Å². The Bertz CT molecular complexity index is 823. The fraction of sp³-hybridized carbons (Fsp3) is 0.188. The molecule has 0 unspecified atom stereocenters. The van der Waals surface area contributed by atoms with Crippen molar-refractivity contribution >= 4 is 48.0 Å². The summed E-state index contributed by atoms with van der Waals surface area (Å²) in [6.45, 7) is -5.83. The van der Waals surface area contributed by atoms with Crippen LogP contribution in [-0.4, -0.2) is 12.7 Å². The van der Waals surface area contributed by atoms with Crippen molar-refractivity contribution in [1.29, 1.82) is 0 Å². The van der Waals surface area contributed by atoms with Crippen LogP contribution in [0.15, 0.2) is 42.5 Å². The molecule has 0 aliphatic heterocycles. The highest BCUT2D eigenvalue weighted by Crippen LogP contribution is 2.23. The second-order valence-corrected chi connectivity index (χ2v) is 4.40. The van der Waals surface area contributed by atoms with Gasteiger partial charge in [0.25, 0.3) is 0 Å². The molecule has 0 aliphatic rings. The Morgan fingerprint density at radius 2 is 2.00 bits per heavy atom. The first kappa shape index (κ1) is 14.2. The lowest BCUT2D eigenvalue weighted by atomic mass is 10.2. The van der Waals surface area contributed by atoms with E-state index < -0.39 is 19.5 Å². The zero-order valence-corrected chi connectivity index (χ0v) is 14.0. The molecule has 8 heteroatoms. The van der Waals surface area contributed by atoms with Crippen molar-refractivity contribution in [2.45, 2.75) is 13.4 Å². The molecule has 132 valence electrons. The Balaban J connectivity index is 0.00000392. The van der Waals surface area contributed by atoms with Crippen molar-refractivity contribution in [3.05, 3.63) is 53.8 Å². The normalized spacial score (nSPS) is 13.5. The number of anilines is 3. The molecule has 2 aromatic carbocycles. The third-order valence-electron chi connectivity index (χ3n) is 2.84. The summed E-state index contributed by atoms with van der Waals surface area (Å²) < 4.78 is 52.8. The lowest BCUT2D eigenvalue weighted by Crippen LogP contribution is -2.14. The van der Waals surface area contributed by atoms with Gasteiger partial charge in [0.2, 0.25) is 0 Å². The van der Waals surface area contributed by atoms with Gasteiger partial charge in [0.05, 0.1) is 20.7 Å². The van der Waals surface area contributed by atoms with Crippen LogP contribution in [-0.2, 0) is 11.3 Å². The van der Waals surface area contributed by atoms with E-state index in [1.165, 1.54) is 24.3 Å². The molecule has 5 nitrogen and oxygen atoms in total. The third-order valence-corrected chi connectivity index (χ3v) is 2.84. The first-order valence-corrected chi connectivity index (χ1v) is 6.36. The van der Waals surface area contributed by atoms with Gasteiger partial charge >= 0.3 is 6.09 Å². The fourth-order valence-electron chi connectivity index (χ4n) is 1.77. The molecule has 4 N–H and O–H groups in total. The van der Waals surface area contributed by atoms with Gasteiger partial charge in [-0.05, 0) is 42.7 Å². The van der Waals surface area contributed by atoms with Crippen LogP contribution >= 0.6 is 24.8 Å². The molecule has 0 spiro atoms.